The maximum absolute atomic E-state index is 8.63. The summed E-state index contributed by atoms with van der Waals surface area (Å²) in [5.74, 6) is 0. The molecule has 0 bridgehead atoms. The molecule has 0 radical (unpaired) electrons. The highest BCUT2D eigenvalue weighted by atomic mass is 16.2. The Balaban J connectivity index is 2.34. The van der Waals surface area contributed by atoms with Crippen molar-refractivity contribution in [3.63, 3.8) is 0 Å². The van der Waals surface area contributed by atoms with Crippen LogP contribution in [0.3, 0.4) is 0 Å². The van der Waals surface area contributed by atoms with E-state index in [1.54, 1.807) is 0 Å². The van der Waals surface area contributed by atoms with E-state index in [-0.39, 0.29) is 6.61 Å². The van der Waals surface area contributed by atoms with E-state index < -0.39 is 0 Å². The van der Waals surface area contributed by atoms with Gasteiger partial charge in [-0.05, 0) is 43.9 Å². The molecule has 0 fully saturated rings. The van der Waals surface area contributed by atoms with Gasteiger partial charge in [-0.15, -0.1) is 0 Å². The van der Waals surface area contributed by atoms with Crippen LogP contribution in [-0.4, -0.2) is 18.3 Å². The van der Waals surface area contributed by atoms with Crippen LogP contribution in [0.2, 0.25) is 0 Å². The number of aliphatic hydroxyl groups excluding tert-OH is 1. The number of unbranched alkanes of at least 4 members (excludes halogenated alkanes) is 2. The number of nitrogen functional groups attached to an aromatic ring is 1. The van der Waals surface area contributed by atoms with Gasteiger partial charge in [-0.2, -0.15) is 0 Å². The zero-order chi connectivity index (χ0) is 11.1. The van der Waals surface area contributed by atoms with Crippen molar-refractivity contribution in [3.05, 3.63) is 23.8 Å². The zero-order valence-corrected chi connectivity index (χ0v) is 9.29. The average Bonchev–Trinajstić information content (AvgIpc) is 2.24. The molecule has 0 heterocycles. The Hall–Kier alpha value is -1.22. The first kappa shape index (κ1) is 11.9. The molecule has 3 heteroatoms. The standard InChI is InChI=1S/C12H20N2O/c1-10-11(13)6-5-7-12(10)14-8-3-2-4-9-15/h5-7,14-15H,2-4,8-9,13H2,1H3. The summed E-state index contributed by atoms with van der Waals surface area (Å²) < 4.78 is 0. The summed E-state index contributed by atoms with van der Waals surface area (Å²) in [5, 5.41) is 12.0. The first-order valence-corrected chi connectivity index (χ1v) is 5.45. The van der Waals surface area contributed by atoms with Crippen LogP contribution in [0.25, 0.3) is 0 Å². The normalized spacial score (nSPS) is 10.3. The van der Waals surface area contributed by atoms with Crippen molar-refractivity contribution < 1.29 is 5.11 Å². The molecule has 0 atom stereocenters. The maximum Gasteiger partial charge on any atom is 0.0431 e. The lowest BCUT2D eigenvalue weighted by Crippen LogP contribution is -2.04. The van der Waals surface area contributed by atoms with Gasteiger partial charge in [0.2, 0.25) is 0 Å². The van der Waals surface area contributed by atoms with Crippen molar-refractivity contribution in [2.45, 2.75) is 26.2 Å². The topological polar surface area (TPSA) is 58.3 Å². The fourth-order valence-corrected chi connectivity index (χ4v) is 1.48. The summed E-state index contributed by atoms with van der Waals surface area (Å²) in [4.78, 5) is 0. The Morgan fingerprint density at radius 2 is 2.07 bits per heavy atom. The van der Waals surface area contributed by atoms with E-state index in [0.29, 0.717) is 0 Å². The van der Waals surface area contributed by atoms with Gasteiger partial charge < -0.3 is 16.2 Å². The van der Waals surface area contributed by atoms with Gasteiger partial charge in [0.05, 0.1) is 0 Å². The van der Waals surface area contributed by atoms with E-state index >= 15 is 0 Å². The van der Waals surface area contributed by atoms with Crippen molar-refractivity contribution in [1.29, 1.82) is 0 Å². The molecule has 84 valence electrons. The van der Waals surface area contributed by atoms with Crippen molar-refractivity contribution >= 4 is 11.4 Å². The number of benzene rings is 1. The van der Waals surface area contributed by atoms with Gasteiger partial charge in [0.25, 0.3) is 0 Å². The van der Waals surface area contributed by atoms with Gasteiger partial charge in [-0.3, -0.25) is 0 Å². The van der Waals surface area contributed by atoms with Crippen LogP contribution in [0.4, 0.5) is 11.4 Å². The van der Waals surface area contributed by atoms with Gasteiger partial charge in [0, 0.05) is 24.5 Å². The monoisotopic (exact) mass is 208 g/mol. The van der Waals surface area contributed by atoms with E-state index in [9.17, 15) is 0 Å². The number of rotatable bonds is 6. The van der Waals surface area contributed by atoms with Crippen LogP contribution in [0.1, 0.15) is 24.8 Å². The second-order valence-electron chi connectivity index (χ2n) is 3.73. The molecule has 0 saturated carbocycles. The summed E-state index contributed by atoms with van der Waals surface area (Å²) in [5.41, 5.74) is 8.85. The van der Waals surface area contributed by atoms with Gasteiger partial charge in [0.15, 0.2) is 0 Å². The Labute approximate surface area is 91.3 Å². The zero-order valence-electron chi connectivity index (χ0n) is 9.29. The second kappa shape index (κ2) is 6.30. The first-order valence-electron chi connectivity index (χ1n) is 5.45. The third-order valence-corrected chi connectivity index (χ3v) is 2.53. The van der Waals surface area contributed by atoms with Crippen LogP contribution in [0.15, 0.2) is 18.2 Å². The van der Waals surface area contributed by atoms with Gasteiger partial charge in [-0.25, -0.2) is 0 Å². The molecule has 0 aliphatic carbocycles. The fourth-order valence-electron chi connectivity index (χ4n) is 1.48. The SMILES string of the molecule is Cc1c(N)cccc1NCCCCCO. The van der Waals surface area contributed by atoms with E-state index in [1.165, 1.54) is 0 Å². The summed E-state index contributed by atoms with van der Waals surface area (Å²) >= 11 is 0. The summed E-state index contributed by atoms with van der Waals surface area (Å²) in [6.07, 6.45) is 3.03. The minimum Gasteiger partial charge on any atom is -0.398 e. The first-order chi connectivity index (χ1) is 7.25. The van der Waals surface area contributed by atoms with Crippen LogP contribution in [0.5, 0.6) is 0 Å². The molecule has 0 unspecified atom stereocenters. The van der Waals surface area contributed by atoms with E-state index in [2.05, 4.69) is 5.32 Å². The predicted molar refractivity (Wildman–Crippen MR) is 65.0 cm³/mol. The highest BCUT2D eigenvalue weighted by Crippen LogP contribution is 2.20. The molecule has 0 spiro atoms. The Kier molecular flexibility index (Phi) is 4.98. The number of anilines is 2. The number of nitrogens with one attached hydrogen (secondary N) is 1. The lowest BCUT2D eigenvalue weighted by molar-refractivity contribution is 0.283. The molecular formula is C12H20N2O. The fraction of sp³-hybridized carbons (Fsp3) is 0.500. The lowest BCUT2D eigenvalue weighted by Gasteiger charge is -2.10. The van der Waals surface area contributed by atoms with E-state index in [4.69, 9.17) is 10.8 Å². The Morgan fingerprint density at radius 1 is 1.27 bits per heavy atom. The number of aliphatic hydroxyl groups is 1. The number of hydrogen-bond donors (Lipinski definition) is 3. The maximum atomic E-state index is 8.63. The highest BCUT2D eigenvalue weighted by molar-refractivity contribution is 5.62. The molecule has 1 aromatic rings. The van der Waals surface area contributed by atoms with Crippen molar-refractivity contribution in [2.75, 3.05) is 24.2 Å². The number of hydrogen-bond acceptors (Lipinski definition) is 3. The van der Waals surface area contributed by atoms with Crippen molar-refractivity contribution in [3.8, 4) is 0 Å². The van der Waals surface area contributed by atoms with Crippen LogP contribution < -0.4 is 11.1 Å². The van der Waals surface area contributed by atoms with E-state index in [0.717, 1.165) is 42.7 Å². The highest BCUT2D eigenvalue weighted by Gasteiger charge is 1.99. The minimum atomic E-state index is 0.289. The van der Waals surface area contributed by atoms with Crippen LogP contribution >= 0.6 is 0 Å². The largest absolute Gasteiger partial charge is 0.398 e. The molecule has 1 aromatic carbocycles. The predicted octanol–water partition coefficient (Wildman–Crippen LogP) is 2.15. The molecule has 0 aliphatic rings. The molecule has 0 aromatic heterocycles. The smallest absolute Gasteiger partial charge is 0.0431 e. The second-order valence-corrected chi connectivity index (χ2v) is 3.73. The van der Waals surface area contributed by atoms with Gasteiger partial charge >= 0.3 is 0 Å². The lowest BCUT2D eigenvalue weighted by atomic mass is 10.1. The average molecular weight is 208 g/mol. The molecule has 3 nitrogen and oxygen atoms in total. The Morgan fingerprint density at radius 3 is 2.80 bits per heavy atom. The molecule has 0 aliphatic heterocycles. The molecule has 1 rings (SSSR count). The van der Waals surface area contributed by atoms with Gasteiger partial charge in [-0.1, -0.05) is 6.07 Å². The molecular weight excluding hydrogens is 188 g/mol. The summed E-state index contributed by atoms with van der Waals surface area (Å²) in [6.45, 7) is 3.24. The summed E-state index contributed by atoms with van der Waals surface area (Å²) in [6, 6.07) is 5.91. The van der Waals surface area contributed by atoms with Crippen LogP contribution in [-0.2, 0) is 0 Å². The molecule has 15 heavy (non-hydrogen) atoms. The summed E-state index contributed by atoms with van der Waals surface area (Å²) in [7, 11) is 0. The van der Waals surface area contributed by atoms with Gasteiger partial charge in [0.1, 0.15) is 0 Å². The third-order valence-electron chi connectivity index (χ3n) is 2.53. The van der Waals surface area contributed by atoms with Crippen molar-refractivity contribution in [2.24, 2.45) is 0 Å². The van der Waals surface area contributed by atoms with E-state index in [1.807, 2.05) is 25.1 Å². The quantitative estimate of drug-likeness (QED) is 0.496. The minimum absolute atomic E-state index is 0.289. The number of nitrogens with two attached hydrogens (primary N) is 1. The molecule has 0 amide bonds. The van der Waals surface area contributed by atoms with Crippen molar-refractivity contribution in [1.82, 2.24) is 0 Å². The molecule has 4 N–H and O–H groups in total. The molecule has 0 saturated heterocycles. The van der Waals surface area contributed by atoms with Crippen LogP contribution in [0, 0.1) is 6.92 Å². The Bertz CT molecular complexity index is 300. The third kappa shape index (κ3) is 3.80.